The van der Waals surface area contributed by atoms with E-state index in [1.807, 2.05) is 48.5 Å². The number of hydrogen-bond donors (Lipinski definition) is 3. The van der Waals surface area contributed by atoms with Crippen molar-refractivity contribution < 1.29 is 28.6 Å². The molecule has 1 aliphatic rings. The number of aliphatic carboxylic acids is 1. The summed E-state index contributed by atoms with van der Waals surface area (Å²) in [5, 5.41) is 13.4. The van der Waals surface area contributed by atoms with Gasteiger partial charge in [0.25, 0.3) is 5.91 Å². The first-order valence-electron chi connectivity index (χ1n) is 10.3. The summed E-state index contributed by atoms with van der Waals surface area (Å²) in [6.07, 6.45) is -0.868. The number of halogens is 1. The van der Waals surface area contributed by atoms with Gasteiger partial charge in [-0.1, -0.05) is 54.6 Å². The van der Waals surface area contributed by atoms with Crippen LogP contribution in [0.2, 0.25) is 0 Å². The molecule has 0 spiro atoms. The third-order valence-corrected chi connectivity index (χ3v) is 5.54. The molecule has 168 valence electrons. The van der Waals surface area contributed by atoms with Crippen molar-refractivity contribution in [1.82, 2.24) is 5.32 Å². The Kier molecular flexibility index (Phi) is 6.08. The molecule has 0 unspecified atom stereocenters. The third-order valence-electron chi connectivity index (χ3n) is 5.54. The van der Waals surface area contributed by atoms with E-state index in [9.17, 15) is 18.8 Å². The van der Waals surface area contributed by atoms with Crippen LogP contribution in [0, 0.1) is 5.82 Å². The van der Waals surface area contributed by atoms with Gasteiger partial charge in [-0.05, 0) is 41.3 Å². The van der Waals surface area contributed by atoms with E-state index < -0.39 is 29.8 Å². The van der Waals surface area contributed by atoms with E-state index in [2.05, 4.69) is 10.6 Å². The molecule has 0 aliphatic heterocycles. The number of carbonyl (C=O) groups is 3. The Bertz CT molecular complexity index is 1200. The largest absolute Gasteiger partial charge is 0.480 e. The molecule has 8 heteroatoms. The molecule has 3 aromatic carbocycles. The molecular formula is C25H21FN2O5. The van der Waals surface area contributed by atoms with Crippen LogP contribution in [0.1, 0.15) is 34.3 Å². The lowest BCUT2D eigenvalue weighted by Crippen LogP contribution is -2.38. The Balaban J connectivity index is 1.45. The Morgan fingerprint density at radius 1 is 0.970 bits per heavy atom. The average molecular weight is 448 g/mol. The van der Waals surface area contributed by atoms with Crippen molar-refractivity contribution in [2.24, 2.45) is 0 Å². The van der Waals surface area contributed by atoms with Gasteiger partial charge in [-0.15, -0.1) is 0 Å². The molecule has 0 heterocycles. The lowest BCUT2D eigenvalue weighted by Gasteiger charge is -2.15. The minimum absolute atomic E-state index is 0.0534. The van der Waals surface area contributed by atoms with Crippen LogP contribution in [0.4, 0.5) is 14.9 Å². The van der Waals surface area contributed by atoms with Gasteiger partial charge in [0.05, 0.1) is 11.3 Å². The Morgan fingerprint density at radius 2 is 1.58 bits per heavy atom. The maximum absolute atomic E-state index is 14.8. The lowest BCUT2D eigenvalue weighted by molar-refractivity contribution is -0.138. The topological polar surface area (TPSA) is 105 Å². The van der Waals surface area contributed by atoms with Crippen LogP contribution in [0.3, 0.4) is 0 Å². The standard InChI is InChI=1S/C25H21FN2O5/c1-14(24(30)31)27-23(29)19-11-6-12-21(22(19)26)28-25(32)33-13-20-17-9-4-2-7-15(17)16-8-3-5-10-18(16)20/h2-12,14,20H,13H2,1H3,(H,27,29)(H,28,32)(H,30,31)/t14-/m1/s1. The first kappa shape index (κ1) is 22.0. The number of fused-ring (bicyclic) bond motifs is 3. The van der Waals surface area contributed by atoms with Gasteiger partial charge in [-0.2, -0.15) is 0 Å². The predicted molar refractivity (Wildman–Crippen MR) is 120 cm³/mol. The zero-order chi connectivity index (χ0) is 23.5. The second-order valence-electron chi connectivity index (χ2n) is 7.65. The van der Waals surface area contributed by atoms with E-state index >= 15 is 0 Å². The van der Waals surface area contributed by atoms with Crippen LogP contribution in [-0.4, -0.2) is 35.7 Å². The van der Waals surface area contributed by atoms with E-state index in [1.54, 1.807) is 0 Å². The monoisotopic (exact) mass is 448 g/mol. The van der Waals surface area contributed by atoms with Crippen molar-refractivity contribution >= 4 is 23.7 Å². The zero-order valence-corrected chi connectivity index (χ0v) is 17.7. The molecule has 2 amide bonds. The summed E-state index contributed by atoms with van der Waals surface area (Å²) in [6, 6.07) is 18.4. The number of amides is 2. The van der Waals surface area contributed by atoms with Crippen LogP contribution >= 0.6 is 0 Å². The van der Waals surface area contributed by atoms with Crippen molar-refractivity contribution in [2.75, 3.05) is 11.9 Å². The van der Waals surface area contributed by atoms with Gasteiger partial charge in [0.15, 0.2) is 5.82 Å². The highest BCUT2D eigenvalue weighted by Crippen LogP contribution is 2.44. The minimum atomic E-state index is -1.25. The maximum Gasteiger partial charge on any atom is 0.411 e. The van der Waals surface area contributed by atoms with Gasteiger partial charge in [0, 0.05) is 5.92 Å². The molecule has 0 radical (unpaired) electrons. The molecule has 0 fully saturated rings. The molecule has 1 aliphatic carbocycles. The van der Waals surface area contributed by atoms with Crippen molar-refractivity contribution in [3.63, 3.8) is 0 Å². The molecule has 33 heavy (non-hydrogen) atoms. The number of carbonyl (C=O) groups excluding carboxylic acids is 2. The second-order valence-corrected chi connectivity index (χ2v) is 7.65. The van der Waals surface area contributed by atoms with Gasteiger partial charge >= 0.3 is 12.1 Å². The molecule has 3 N–H and O–H groups in total. The third kappa shape index (κ3) is 4.41. The number of hydrogen-bond acceptors (Lipinski definition) is 4. The van der Waals surface area contributed by atoms with Crippen molar-refractivity contribution in [3.05, 3.63) is 89.2 Å². The lowest BCUT2D eigenvalue weighted by atomic mass is 9.98. The van der Waals surface area contributed by atoms with Crippen LogP contribution in [-0.2, 0) is 9.53 Å². The number of carboxylic acids is 1. The molecule has 0 saturated carbocycles. The predicted octanol–water partition coefficient (Wildman–Crippen LogP) is 4.39. The van der Waals surface area contributed by atoms with Gasteiger partial charge in [-0.3, -0.25) is 14.9 Å². The summed E-state index contributed by atoms with van der Waals surface area (Å²) in [6.45, 7) is 1.31. The fourth-order valence-electron chi connectivity index (χ4n) is 3.88. The maximum atomic E-state index is 14.8. The number of anilines is 1. The molecule has 1 atom stereocenters. The van der Waals surface area contributed by atoms with Gasteiger partial charge in [0.2, 0.25) is 0 Å². The van der Waals surface area contributed by atoms with Crippen molar-refractivity contribution in [1.29, 1.82) is 0 Å². The fourth-order valence-corrected chi connectivity index (χ4v) is 3.88. The summed E-state index contributed by atoms with van der Waals surface area (Å²) in [7, 11) is 0. The number of benzene rings is 3. The number of nitrogens with one attached hydrogen (secondary N) is 2. The summed E-state index contributed by atoms with van der Waals surface area (Å²) in [5.41, 5.74) is 3.63. The van der Waals surface area contributed by atoms with Crippen LogP contribution in [0.5, 0.6) is 0 Å². The summed E-state index contributed by atoms with van der Waals surface area (Å²) in [4.78, 5) is 35.5. The number of ether oxygens (including phenoxy) is 1. The zero-order valence-electron chi connectivity index (χ0n) is 17.7. The summed E-state index contributed by atoms with van der Waals surface area (Å²) < 4.78 is 20.2. The highest BCUT2D eigenvalue weighted by molar-refractivity contribution is 5.98. The first-order valence-corrected chi connectivity index (χ1v) is 10.3. The quantitative estimate of drug-likeness (QED) is 0.519. The molecule has 4 rings (SSSR count). The number of rotatable bonds is 6. The first-order chi connectivity index (χ1) is 15.9. The normalized spacial score (nSPS) is 12.9. The molecular weight excluding hydrogens is 427 g/mol. The van der Waals surface area contributed by atoms with Crippen LogP contribution in [0.25, 0.3) is 11.1 Å². The van der Waals surface area contributed by atoms with E-state index in [1.165, 1.54) is 25.1 Å². The average Bonchev–Trinajstić information content (AvgIpc) is 3.12. The van der Waals surface area contributed by atoms with Gasteiger partial charge in [-0.25, -0.2) is 9.18 Å². The van der Waals surface area contributed by atoms with Crippen LogP contribution in [0.15, 0.2) is 66.7 Å². The Hall–Kier alpha value is -4.20. The van der Waals surface area contributed by atoms with E-state index in [-0.39, 0.29) is 23.8 Å². The highest BCUT2D eigenvalue weighted by Gasteiger charge is 2.29. The molecule has 7 nitrogen and oxygen atoms in total. The highest BCUT2D eigenvalue weighted by atomic mass is 19.1. The fraction of sp³-hybridized carbons (Fsp3) is 0.160. The molecule has 0 aromatic heterocycles. The van der Waals surface area contributed by atoms with Crippen LogP contribution < -0.4 is 10.6 Å². The van der Waals surface area contributed by atoms with E-state index in [4.69, 9.17) is 9.84 Å². The summed E-state index contributed by atoms with van der Waals surface area (Å²) in [5.74, 6) is -3.29. The molecule has 0 saturated heterocycles. The molecule has 3 aromatic rings. The molecule has 0 bridgehead atoms. The van der Waals surface area contributed by atoms with E-state index in [0.29, 0.717) is 0 Å². The van der Waals surface area contributed by atoms with Crippen molar-refractivity contribution in [3.8, 4) is 11.1 Å². The smallest absolute Gasteiger partial charge is 0.411 e. The minimum Gasteiger partial charge on any atom is -0.480 e. The van der Waals surface area contributed by atoms with Gasteiger partial charge < -0.3 is 15.2 Å². The van der Waals surface area contributed by atoms with Gasteiger partial charge in [0.1, 0.15) is 12.6 Å². The van der Waals surface area contributed by atoms with E-state index in [0.717, 1.165) is 22.3 Å². The Labute approximate surface area is 189 Å². The number of carboxylic acid groups (broad SMARTS) is 1. The SMILES string of the molecule is C[C@@H](NC(=O)c1cccc(NC(=O)OCC2c3ccccc3-c3ccccc32)c1F)C(=O)O. The summed E-state index contributed by atoms with van der Waals surface area (Å²) >= 11 is 0. The van der Waals surface area contributed by atoms with Crippen molar-refractivity contribution in [2.45, 2.75) is 18.9 Å². The Morgan fingerprint density at radius 3 is 2.18 bits per heavy atom. The second kappa shape index (κ2) is 9.12.